The molecule has 3 rings (SSSR count). The monoisotopic (exact) mass is 448 g/mol. The summed E-state index contributed by atoms with van der Waals surface area (Å²) in [6.45, 7) is 0.233. The highest BCUT2D eigenvalue weighted by Gasteiger charge is 2.36. The smallest absolute Gasteiger partial charge is 0.279 e. The first-order valence-electron chi connectivity index (χ1n) is 9.64. The van der Waals surface area contributed by atoms with Crippen LogP contribution >= 0.6 is 0 Å². The molecule has 0 unspecified atom stereocenters. The summed E-state index contributed by atoms with van der Waals surface area (Å²) in [4.78, 5) is 24.8. The molecular formula is C21H24N2O7S. The lowest BCUT2D eigenvalue weighted by Crippen LogP contribution is -2.41. The molecule has 0 bridgehead atoms. The Hall–Kier alpha value is -2.95. The summed E-state index contributed by atoms with van der Waals surface area (Å²) < 4.78 is 38.1. The van der Waals surface area contributed by atoms with Gasteiger partial charge < -0.3 is 9.47 Å². The number of hydrogen-bond donors (Lipinski definition) is 2. The van der Waals surface area contributed by atoms with Crippen molar-refractivity contribution < 1.29 is 32.7 Å². The number of methoxy groups -OCH3 is 2. The van der Waals surface area contributed by atoms with E-state index in [2.05, 4.69) is 0 Å². The minimum Gasteiger partial charge on any atom is -0.496 e. The van der Waals surface area contributed by atoms with Gasteiger partial charge in [0.15, 0.2) is 5.78 Å². The topological polar surface area (TPSA) is 122 Å². The Balaban J connectivity index is 1.82. The lowest BCUT2D eigenvalue weighted by molar-refractivity contribution is 0.0699. The Morgan fingerprint density at radius 1 is 1.00 bits per heavy atom. The fourth-order valence-corrected chi connectivity index (χ4v) is 5.41. The molecule has 2 aromatic rings. The molecule has 1 fully saturated rings. The van der Waals surface area contributed by atoms with Crippen LogP contribution in [0.5, 0.6) is 11.5 Å². The third kappa shape index (κ3) is 4.41. The molecule has 1 aliphatic heterocycles. The van der Waals surface area contributed by atoms with E-state index in [1.54, 1.807) is 24.3 Å². The maximum absolute atomic E-state index is 13.2. The summed E-state index contributed by atoms with van der Waals surface area (Å²) >= 11 is 0. The van der Waals surface area contributed by atoms with Crippen molar-refractivity contribution in [2.45, 2.75) is 17.7 Å². The fraction of sp³-hybridized carbons (Fsp3) is 0.333. The quantitative estimate of drug-likeness (QED) is 0.378. The number of hydroxylamine groups is 1. The predicted molar refractivity (Wildman–Crippen MR) is 111 cm³/mol. The summed E-state index contributed by atoms with van der Waals surface area (Å²) in [5, 5.41) is 9.04. The molecule has 1 aliphatic rings. The molecule has 2 N–H and O–H groups in total. The van der Waals surface area contributed by atoms with Crippen molar-refractivity contribution in [1.82, 2.24) is 9.79 Å². The molecule has 0 spiro atoms. The zero-order chi connectivity index (χ0) is 22.6. The first kappa shape index (κ1) is 22.7. The van der Waals surface area contributed by atoms with Gasteiger partial charge in [-0.15, -0.1) is 0 Å². The van der Waals surface area contributed by atoms with Crippen LogP contribution in [0, 0.1) is 5.92 Å². The lowest BCUT2D eigenvalue weighted by Gasteiger charge is -2.31. The van der Waals surface area contributed by atoms with Gasteiger partial charge >= 0.3 is 0 Å². The highest BCUT2D eigenvalue weighted by molar-refractivity contribution is 7.89. The van der Waals surface area contributed by atoms with Gasteiger partial charge in [-0.3, -0.25) is 14.8 Å². The minimum absolute atomic E-state index is 0.0221. The SMILES string of the molecule is COc1ccccc1C(=O)C1CCN(S(=O)(=O)c2cccc(OC)c2C(=O)NO)CC1. The molecule has 1 saturated heterocycles. The van der Waals surface area contributed by atoms with Gasteiger partial charge in [0.25, 0.3) is 5.91 Å². The van der Waals surface area contributed by atoms with Gasteiger partial charge in [-0.05, 0) is 37.1 Å². The van der Waals surface area contributed by atoms with Gasteiger partial charge in [-0.2, -0.15) is 4.31 Å². The Morgan fingerprint density at radius 3 is 2.23 bits per heavy atom. The van der Waals surface area contributed by atoms with E-state index < -0.39 is 15.9 Å². The van der Waals surface area contributed by atoms with E-state index in [4.69, 9.17) is 14.7 Å². The number of nitrogens with zero attached hydrogens (tertiary/aromatic N) is 1. The number of Topliss-reactive ketones (excluding diaryl/α,β-unsaturated/α-hetero) is 1. The van der Waals surface area contributed by atoms with Crippen LogP contribution < -0.4 is 15.0 Å². The van der Waals surface area contributed by atoms with E-state index in [0.29, 0.717) is 24.2 Å². The Bertz CT molecular complexity index is 1080. The molecule has 9 nitrogen and oxygen atoms in total. The van der Waals surface area contributed by atoms with Crippen molar-refractivity contribution in [2.75, 3.05) is 27.3 Å². The number of hydrogen-bond acceptors (Lipinski definition) is 7. The van der Waals surface area contributed by atoms with Gasteiger partial charge in [0.1, 0.15) is 17.1 Å². The lowest BCUT2D eigenvalue weighted by atomic mass is 9.89. The molecule has 1 heterocycles. The van der Waals surface area contributed by atoms with E-state index in [0.717, 1.165) is 0 Å². The van der Waals surface area contributed by atoms with Crippen LogP contribution in [-0.4, -0.2) is 56.9 Å². The number of ether oxygens (including phenoxy) is 2. The zero-order valence-corrected chi connectivity index (χ0v) is 18.0. The molecule has 0 aliphatic carbocycles. The average molecular weight is 448 g/mol. The van der Waals surface area contributed by atoms with Crippen LogP contribution in [0.25, 0.3) is 0 Å². The van der Waals surface area contributed by atoms with Crippen LogP contribution in [0.4, 0.5) is 0 Å². The fourth-order valence-electron chi connectivity index (χ4n) is 3.74. The molecule has 31 heavy (non-hydrogen) atoms. The van der Waals surface area contributed by atoms with E-state index in [1.165, 1.54) is 42.2 Å². The second kappa shape index (κ2) is 9.46. The zero-order valence-electron chi connectivity index (χ0n) is 17.2. The van der Waals surface area contributed by atoms with E-state index in [9.17, 15) is 18.0 Å². The second-order valence-corrected chi connectivity index (χ2v) is 8.92. The first-order valence-corrected chi connectivity index (χ1v) is 11.1. The van der Waals surface area contributed by atoms with Gasteiger partial charge in [-0.1, -0.05) is 18.2 Å². The highest BCUT2D eigenvalue weighted by Crippen LogP contribution is 2.32. The van der Waals surface area contributed by atoms with Crippen LogP contribution in [0.15, 0.2) is 47.4 Å². The first-order chi connectivity index (χ1) is 14.8. The van der Waals surface area contributed by atoms with Crippen LogP contribution in [0.2, 0.25) is 0 Å². The number of carbonyl (C=O) groups is 2. The Labute approximate surface area is 180 Å². The van der Waals surface area contributed by atoms with Crippen molar-refractivity contribution in [3.05, 3.63) is 53.6 Å². The number of carbonyl (C=O) groups excluding carboxylic acids is 2. The van der Waals surface area contributed by atoms with Crippen LogP contribution in [0.1, 0.15) is 33.6 Å². The summed E-state index contributed by atoms with van der Waals surface area (Å²) in [6, 6.07) is 11.1. The van der Waals surface area contributed by atoms with Gasteiger partial charge in [0, 0.05) is 19.0 Å². The molecule has 0 saturated carbocycles. The summed E-state index contributed by atoms with van der Waals surface area (Å²) in [7, 11) is -1.27. The Kier molecular flexibility index (Phi) is 6.94. The molecule has 166 valence electrons. The number of ketones is 1. The Morgan fingerprint density at radius 2 is 1.61 bits per heavy atom. The van der Waals surface area contributed by atoms with Crippen LogP contribution in [0.3, 0.4) is 0 Å². The van der Waals surface area contributed by atoms with Crippen molar-refractivity contribution in [3.63, 3.8) is 0 Å². The maximum Gasteiger partial charge on any atom is 0.279 e. The van der Waals surface area contributed by atoms with Crippen molar-refractivity contribution in [2.24, 2.45) is 5.92 Å². The number of benzene rings is 2. The predicted octanol–water partition coefficient (Wildman–Crippen LogP) is 2.11. The van der Waals surface area contributed by atoms with Gasteiger partial charge in [0.05, 0.1) is 24.7 Å². The standard InChI is InChI=1S/C21H24N2O7S/c1-29-16-7-4-3-6-15(16)20(24)14-10-12-23(13-11-14)31(27,28)18-9-5-8-17(30-2)19(18)21(25)22-26/h3-9,14,26H,10-13H2,1-2H3,(H,22,25). The van der Waals surface area contributed by atoms with Crippen molar-refractivity contribution >= 4 is 21.7 Å². The molecule has 0 radical (unpaired) electrons. The van der Waals surface area contributed by atoms with E-state index in [1.807, 2.05) is 0 Å². The second-order valence-electron chi connectivity index (χ2n) is 7.02. The number of piperidine rings is 1. The molecule has 0 aromatic heterocycles. The normalized spacial score (nSPS) is 15.3. The average Bonchev–Trinajstić information content (AvgIpc) is 2.82. The maximum atomic E-state index is 13.2. The van der Waals surface area contributed by atoms with Gasteiger partial charge in [0.2, 0.25) is 10.0 Å². The minimum atomic E-state index is -4.06. The highest BCUT2D eigenvalue weighted by atomic mass is 32.2. The van der Waals surface area contributed by atoms with Crippen LogP contribution in [-0.2, 0) is 10.0 Å². The number of sulfonamides is 1. The summed E-state index contributed by atoms with van der Waals surface area (Å²) in [6.07, 6.45) is 0.670. The van der Waals surface area contributed by atoms with Crippen molar-refractivity contribution in [1.29, 1.82) is 0 Å². The third-order valence-corrected chi connectivity index (χ3v) is 7.29. The molecule has 1 amide bonds. The molecule has 10 heteroatoms. The molecule has 0 atom stereocenters. The summed E-state index contributed by atoms with van der Waals surface area (Å²) in [5.41, 5.74) is 1.66. The van der Waals surface area contributed by atoms with Gasteiger partial charge in [-0.25, -0.2) is 13.9 Å². The molecular weight excluding hydrogens is 424 g/mol. The molecule has 2 aromatic carbocycles. The third-order valence-electron chi connectivity index (χ3n) is 5.35. The number of nitrogens with one attached hydrogen (secondary N) is 1. The largest absolute Gasteiger partial charge is 0.496 e. The van der Waals surface area contributed by atoms with Crippen molar-refractivity contribution in [3.8, 4) is 11.5 Å². The summed E-state index contributed by atoms with van der Waals surface area (Å²) in [5.74, 6) is -0.908. The van der Waals surface area contributed by atoms with E-state index in [-0.39, 0.29) is 41.0 Å². The number of rotatable bonds is 7. The number of para-hydroxylation sites is 1. The van der Waals surface area contributed by atoms with E-state index >= 15 is 0 Å². The number of amides is 1.